The summed E-state index contributed by atoms with van der Waals surface area (Å²) in [5, 5.41) is 2.49. The van der Waals surface area contributed by atoms with E-state index in [0.29, 0.717) is 5.78 Å². The van der Waals surface area contributed by atoms with Gasteiger partial charge in [-0.05, 0) is 66.3 Å². The molecule has 1 aliphatic carbocycles. The zero-order valence-corrected chi connectivity index (χ0v) is 14.9. The van der Waals surface area contributed by atoms with Crippen LogP contribution in [0.25, 0.3) is 10.8 Å². The molecule has 2 aliphatic rings. The van der Waals surface area contributed by atoms with Gasteiger partial charge in [-0.3, -0.25) is 9.69 Å². The minimum atomic E-state index is 0.0807. The van der Waals surface area contributed by atoms with Gasteiger partial charge in [-0.2, -0.15) is 0 Å². The first kappa shape index (κ1) is 15.8. The smallest absolute Gasteiger partial charge is 0.167 e. The van der Waals surface area contributed by atoms with E-state index in [-0.39, 0.29) is 5.92 Å². The molecule has 5 rings (SSSR count). The monoisotopic (exact) mass is 345 g/mol. The molecule has 0 bridgehead atoms. The van der Waals surface area contributed by atoms with Crippen LogP contribution in [0, 0.1) is 5.92 Å². The lowest BCUT2D eigenvalue weighted by Gasteiger charge is -2.31. The molecular weight excluding hydrogens is 322 g/mol. The maximum Gasteiger partial charge on any atom is 0.167 e. The maximum absolute atomic E-state index is 13.4. The molecule has 2 aromatic carbocycles. The van der Waals surface area contributed by atoms with Gasteiger partial charge in [-0.25, -0.2) is 0 Å². The number of ketones is 1. The van der Waals surface area contributed by atoms with Crippen molar-refractivity contribution in [3.63, 3.8) is 0 Å². The molecule has 1 fully saturated rings. The molecule has 3 nitrogen and oxygen atoms in total. The number of furan rings is 1. The summed E-state index contributed by atoms with van der Waals surface area (Å²) in [6, 6.07) is 14.6. The van der Waals surface area contributed by atoms with Gasteiger partial charge in [0.1, 0.15) is 5.76 Å². The summed E-state index contributed by atoms with van der Waals surface area (Å²) in [7, 11) is 0. The van der Waals surface area contributed by atoms with E-state index in [1.54, 1.807) is 6.26 Å². The third-order valence-electron chi connectivity index (χ3n) is 5.98. The molecular formula is C23H23NO2. The minimum absolute atomic E-state index is 0.0807. The summed E-state index contributed by atoms with van der Waals surface area (Å²) in [6.07, 6.45) is 5.97. The van der Waals surface area contributed by atoms with Crippen molar-refractivity contribution in [3.05, 3.63) is 71.2 Å². The maximum atomic E-state index is 13.4. The molecule has 0 N–H and O–H groups in total. The number of likely N-dealkylation sites (tertiary alicyclic amines) is 1. The summed E-state index contributed by atoms with van der Waals surface area (Å²) < 4.78 is 5.48. The lowest BCUT2D eigenvalue weighted by atomic mass is 9.87. The van der Waals surface area contributed by atoms with Gasteiger partial charge in [0.2, 0.25) is 0 Å². The van der Waals surface area contributed by atoms with Gasteiger partial charge in [-0.1, -0.05) is 30.3 Å². The van der Waals surface area contributed by atoms with E-state index < -0.39 is 0 Å². The lowest BCUT2D eigenvalue weighted by molar-refractivity contribution is 0.0804. The molecule has 1 aromatic heterocycles. The second-order valence-electron chi connectivity index (χ2n) is 7.63. The first-order chi connectivity index (χ1) is 12.8. The van der Waals surface area contributed by atoms with Crippen molar-refractivity contribution in [3.8, 4) is 0 Å². The van der Waals surface area contributed by atoms with Crippen LogP contribution in [0.2, 0.25) is 0 Å². The minimum Gasteiger partial charge on any atom is -0.468 e. The SMILES string of the molecule is O=C(c1ccc2c3c(cccc13)CC2)C1CCCN(Cc2ccco2)C1. The highest BCUT2D eigenvalue weighted by atomic mass is 16.3. The molecule has 1 aliphatic heterocycles. The van der Waals surface area contributed by atoms with Gasteiger partial charge in [0.15, 0.2) is 5.78 Å². The van der Waals surface area contributed by atoms with Crippen LogP contribution >= 0.6 is 0 Å². The number of nitrogens with zero attached hydrogens (tertiary/aromatic N) is 1. The van der Waals surface area contributed by atoms with Gasteiger partial charge < -0.3 is 4.42 Å². The Morgan fingerprint density at radius 2 is 1.96 bits per heavy atom. The first-order valence-electron chi connectivity index (χ1n) is 9.62. The summed E-state index contributed by atoms with van der Waals surface area (Å²) in [5.74, 6) is 1.37. The number of Topliss-reactive ketones (excluding diaryl/α,β-unsaturated/α-hetero) is 1. The summed E-state index contributed by atoms with van der Waals surface area (Å²) >= 11 is 0. The topological polar surface area (TPSA) is 33.5 Å². The first-order valence-corrected chi connectivity index (χ1v) is 9.62. The Hall–Kier alpha value is -2.39. The van der Waals surface area contributed by atoms with Crippen LogP contribution in [-0.2, 0) is 19.4 Å². The molecule has 2 heterocycles. The molecule has 3 heteroatoms. The van der Waals surface area contributed by atoms with E-state index in [1.807, 2.05) is 12.1 Å². The molecule has 3 aromatic rings. The van der Waals surface area contributed by atoms with Crippen LogP contribution in [0.1, 0.15) is 40.1 Å². The Labute approximate surface area is 153 Å². The van der Waals surface area contributed by atoms with Crippen molar-refractivity contribution in [1.29, 1.82) is 0 Å². The number of hydrogen-bond donors (Lipinski definition) is 0. The Bertz CT molecular complexity index is 948. The molecule has 1 unspecified atom stereocenters. The van der Waals surface area contributed by atoms with Crippen molar-refractivity contribution in [2.45, 2.75) is 32.2 Å². The average Bonchev–Trinajstić information content (AvgIpc) is 3.33. The van der Waals surface area contributed by atoms with E-state index >= 15 is 0 Å². The molecule has 26 heavy (non-hydrogen) atoms. The number of rotatable bonds is 4. The second-order valence-corrected chi connectivity index (χ2v) is 7.63. The van der Waals surface area contributed by atoms with Crippen molar-refractivity contribution < 1.29 is 9.21 Å². The van der Waals surface area contributed by atoms with Crippen molar-refractivity contribution in [2.75, 3.05) is 13.1 Å². The molecule has 1 saturated heterocycles. The van der Waals surface area contributed by atoms with E-state index in [2.05, 4.69) is 35.2 Å². The predicted octanol–water partition coefficient (Wildman–Crippen LogP) is 4.63. The fourth-order valence-electron chi connectivity index (χ4n) is 4.72. The average molecular weight is 345 g/mol. The largest absolute Gasteiger partial charge is 0.468 e. The van der Waals surface area contributed by atoms with E-state index in [9.17, 15) is 4.79 Å². The van der Waals surface area contributed by atoms with Gasteiger partial charge >= 0.3 is 0 Å². The van der Waals surface area contributed by atoms with Crippen molar-refractivity contribution >= 4 is 16.6 Å². The highest BCUT2D eigenvalue weighted by Gasteiger charge is 2.29. The quantitative estimate of drug-likeness (QED) is 0.647. The fraction of sp³-hybridized carbons (Fsp3) is 0.348. The van der Waals surface area contributed by atoms with Gasteiger partial charge in [0.05, 0.1) is 12.8 Å². The van der Waals surface area contributed by atoms with Crippen LogP contribution < -0.4 is 0 Å². The number of benzene rings is 2. The molecule has 132 valence electrons. The van der Waals surface area contributed by atoms with E-state index in [1.165, 1.54) is 16.5 Å². The van der Waals surface area contributed by atoms with Crippen LogP contribution in [-0.4, -0.2) is 23.8 Å². The van der Waals surface area contributed by atoms with E-state index in [0.717, 1.165) is 62.0 Å². The van der Waals surface area contributed by atoms with Crippen LogP contribution in [0.3, 0.4) is 0 Å². The Morgan fingerprint density at radius 3 is 2.81 bits per heavy atom. The summed E-state index contributed by atoms with van der Waals surface area (Å²) in [5.41, 5.74) is 3.71. The Morgan fingerprint density at radius 1 is 1.08 bits per heavy atom. The van der Waals surface area contributed by atoms with Gasteiger partial charge in [0.25, 0.3) is 0 Å². The number of carbonyl (C=O) groups excluding carboxylic acids is 1. The van der Waals surface area contributed by atoms with Crippen LogP contribution in [0.4, 0.5) is 0 Å². The van der Waals surface area contributed by atoms with Gasteiger partial charge in [-0.15, -0.1) is 0 Å². The highest BCUT2D eigenvalue weighted by Crippen LogP contribution is 2.34. The molecule has 1 atom stereocenters. The predicted molar refractivity (Wildman–Crippen MR) is 102 cm³/mol. The van der Waals surface area contributed by atoms with Crippen LogP contribution in [0.15, 0.2) is 53.1 Å². The number of hydrogen-bond acceptors (Lipinski definition) is 3. The van der Waals surface area contributed by atoms with Gasteiger partial charge in [0, 0.05) is 18.0 Å². The Balaban J connectivity index is 1.42. The third-order valence-corrected chi connectivity index (χ3v) is 5.98. The summed E-state index contributed by atoms with van der Waals surface area (Å²) in [4.78, 5) is 15.7. The Kier molecular flexibility index (Phi) is 3.90. The van der Waals surface area contributed by atoms with Crippen LogP contribution in [0.5, 0.6) is 0 Å². The molecule has 0 spiro atoms. The third kappa shape index (κ3) is 2.67. The van der Waals surface area contributed by atoms with E-state index in [4.69, 9.17) is 4.42 Å². The molecule has 0 amide bonds. The number of carbonyl (C=O) groups is 1. The number of piperidine rings is 1. The van der Waals surface area contributed by atoms with Crippen molar-refractivity contribution in [1.82, 2.24) is 4.90 Å². The second kappa shape index (κ2) is 6.40. The number of aryl methyl sites for hydroxylation is 2. The zero-order chi connectivity index (χ0) is 17.5. The summed E-state index contributed by atoms with van der Waals surface area (Å²) in [6.45, 7) is 2.65. The normalized spacial score (nSPS) is 19.9. The standard InChI is InChI=1S/C23H23NO2/c25-23(18-5-2-12-24(14-18)15-19-6-3-13-26-19)21-11-10-17-9-8-16-4-1-7-20(21)22(16)17/h1,3-4,6-7,10-11,13,18H,2,5,8-9,12,14-15H2. The zero-order valence-electron chi connectivity index (χ0n) is 14.9. The molecule has 0 radical (unpaired) electrons. The fourth-order valence-corrected chi connectivity index (χ4v) is 4.72. The van der Waals surface area contributed by atoms with Crippen molar-refractivity contribution in [2.24, 2.45) is 5.92 Å². The molecule has 0 saturated carbocycles. The highest BCUT2D eigenvalue weighted by molar-refractivity contribution is 6.11. The lowest BCUT2D eigenvalue weighted by Crippen LogP contribution is -2.38.